The number of hydrogen-bond acceptors (Lipinski definition) is 5. The summed E-state index contributed by atoms with van der Waals surface area (Å²) in [5.74, 6) is -0.891. The highest BCUT2D eigenvalue weighted by Crippen LogP contribution is 2.21. The molecule has 0 spiro atoms. The van der Waals surface area contributed by atoms with Crippen molar-refractivity contribution >= 4 is 40.5 Å². The van der Waals surface area contributed by atoms with Gasteiger partial charge in [-0.05, 0) is 49.2 Å². The lowest BCUT2D eigenvalue weighted by atomic mass is 10.1. The molecule has 1 amide bonds. The SMILES string of the molecule is CCC(C)NC(=O)c1cc2ccc(OC(=O)/C=C/c3ccccc3Cl)cc2oc1=O. The number of fused-ring (bicyclic) bond motifs is 1. The first kappa shape index (κ1) is 21.3. The van der Waals surface area contributed by atoms with E-state index in [1.54, 1.807) is 42.5 Å². The quantitative estimate of drug-likeness (QED) is 0.270. The topological polar surface area (TPSA) is 85.6 Å². The molecule has 6 nitrogen and oxygen atoms in total. The predicted octanol–water partition coefficient (Wildman–Crippen LogP) is 4.59. The summed E-state index contributed by atoms with van der Waals surface area (Å²) < 4.78 is 10.5. The predicted molar refractivity (Wildman–Crippen MR) is 116 cm³/mol. The Labute approximate surface area is 178 Å². The zero-order valence-corrected chi connectivity index (χ0v) is 17.2. The molecule has 0 aliphatic heterocycles. The summed E-state index contributed by atoms with van der Waals surface area (Å²) in [6.45, 7) is 3.78. The molecule has 1 N–H and O–H groups in total. The van der Waals surface area contributed by atoms with Crippen molar-refractivity contribution in [3.63, 3.8) is 0 Å². The van der Waals surface area contributed by atoms with Gasteiger partial charge in [-0.15, -0.1) is 0 Å². The zero-order chi connectivity index (χ0) is 21.7. The summed E-state index contributed by atoms with van der Waals surface area (Å²) in [7, 11) is 0. The van der Waals surface area contributed by atoms with Gasteiger partial charge in [0.2, 0.25) is 0 Å². The van der Waals surface area contributed by atoms with Gasteiger partial charge in [0.15, 0.2) is 0 Å². The van der Waals surface area contributed by atoms with Crippen LogP contribution in [0.5, 0.6) is 5.75 Å². The first-order chi connectivity index (χ1) is 14.4. The van der Waals surface area contributed by atoms with Crippen LogP contribution in [0.25, 0.3) is 17.0 Å². The van der Waals surface area contributed by atoms with E-state index in [1.807, 2.05) is 13.8 Å². The van der Waals surface area contributed by atoms with Gasteiger partial charge >= 0.3 is 11.6 Å². The van der Waals surface area contributed by atoms with Crippen LogP contribution >= 0.6 is 11.6 Å². The molecule has 154 valence electrons. The fourth-order valence-corrected chi connectivity index (χ4v) is 2.83. The number of amides is 1. The highest BCUT2D eigenvalue weighted by Gasteiger charge is 2.16. The Bertz CT molecular complexity index is 1180. The van der Waals surface area contributed by atoms with Crippen LogP contribution in [0.1, 0.15) is 36.2 Å². The molecule has 1 heterocycles. The summed E-state index contributed by atoms with van der Waals surface area (Å²) in [4.78, 5) is 36.5. The standard InChI is InChI=1S/C23H20ClNO5/c1-3-14(2)25-22(27)18-12-16-8-10-17(13-20(16)30-23(18)28)29-21(26)11-9-15-6-4-5-7-19(15)24/h4-14H,3H2,1-2H3,(H,25,27)/b11-9+. The molecule has 7 heteroatoms. The maximum Gasteiger partial charge on any atom is 0.349 e. The van der Waals surface area contributed by atoms with Gasteiger partial charge in [0.25, 0.3) is 5.91 Å². The van der Waals surface area contributed by atoms with Crippen molar-refractivity contribution < 1.29 is 18.7 Å². The number of nitrogens with one attached hydrogen (secondary N) is 1. The van der Waals surface area contributed by atoms with Crippen molar-refractivity contribution in [3.8, 4) is 5.75 Å². The van der Waals surface area contributed by atoms with Crippen LogP contribution in [0.4, 0.5) is 0 Å². The van der Waals surface area contributed by atoms with Gasteiger partial charge in [-0.3, -0.25) is 4.79 Å². The zero-order valence-electron chi connectivity index (χ0n) is 16.5. The number of halogens is 1. The molecule has 2 aromatic carbocycles. The molecule has 1 aromatic heterocycles. The van der Waals surface area contributed by atoms with Crippen molar-refractivity contribution in [2.45, 2.75) is 26.3 Å². The van der Waals surface area contributed by atoms with Crippen LogP contribution in [0.15, 0.2) is 63.8 Å². The lowest BCUT2D eigenvalue weighted by Gasteiger charge is -2.11. The minimum Gasteiger partial charge on any atom is -0.423 e. The van der Waals surface area contributed by atoms with Crippen LogP contribution in [0.3, 0.4) is 0 Å². The fourth-order valence-electron chi connectivity index (χ4n) is 2.64. The molecule has 0 bridgehead atoms. The van der Waals surface area contributed by atoms with Crippen molar-refractivity contribution in [2.75, 3.05) is 0 Å². The second-order valence-electron chi connectivity index (χ2n) is 6.71. The molecular formula is C23H20ClNO5. The van der Waals surface area contributed by atoms with Gasteiger partial charge in [-0.2, -0.15) is 0 Å². The lowest BCUT2D eigenvalue weighted by Crippen LogP contribution is -2.34. The van der Waals surface area contributed by atoms with E-state index in [0.717, 1.165) is 6.42 Å². The summed E-state index contributed by atoms with van der Waals surface area (Å²) >= 11 is 6.05. The van der Waals surface area contributed by atoms with Gasteiger partial charge in [0.05, 0.1) is 0 Å². The average Bonchev–Trinajstić information content (AvgIpc) is 2.72. The van der Waals surface area contributed by atoms with Crippen LogP contribution in [0.2, 0.25) is 5.02 Å². The van der Waals surface area contributed by atoms with E-state index in [1.165, 1.54) is 18.2 Å². The second-order valence-corrected chi connectivity index (χ2v) is 7.11. The van der Waals surface area contributed by atoms with Gasteiger partial charge in [-0.1, -0.05) is 36.7 Å². The minimum atomic E-state index is -0.759. The van der Waals surface area contributed by atoms with Crippen molar-refractivity contribution in [2.24, 2.45) is 0 Å². The van der Waals surface area contributed by atoms with Crippen molar-refractivity contribution in [1.82, 2.24) is 5.32 Å². The largest absolute Gasteiger partial charge is 0.423 e. The molecule has 1 unspecified atom stereocenters. The Hall–Kier alpha value is -3.38. The Kier molecular flexibility index (Phi) is 6.69. The number of benzene rings is 2. The van der Waals surface area contributed by atoms with Crippen LogP contribution in [0, 0.1) is 0 Å². The molecular weight excluding hydrogens is 406 g/mol. The lowest BCUT2D eigenvalue weighted by molar-refractivity contribution is -0.128. The number of hydrogen-bond donors (Lipinski definition) is 1. The summed E-state index contributed by atoms with van der Waals surface area (Å²) in [6, 6.07) is 13.1. The van der Waals surface area contributed by atoms with Crippen LogP contribution in [-0.2, 0) is 4.79 Å². The van der Waals surface area contributed by atoms with E-state index in [2.05, 4.69) is 5.32 Å². The molecule has 1 atom stereocenters. The average molecular weight is 426 g/mol. The first-order valence-corrected chi connectivity index (χ1v) is 9.78. The van der Waals surface area contributed by atoms with E-state index in [-0.39, 0.29) is 22.9 Å². The monoisotopic (exact) mass is 425 g/mol. The fraction of sp³-hybridized carbons (Fsp3) is 0.174. The number of carbonyl (C=O) groups is 2. The molecule has 0 aliphatic carbocycles. The summed E-state index contributed by atoms with van der Waals surface area (Å²) in [5, 5.41) is 3.79. The van der Waals surface area contributed by atoms with E-state index < -0.39 is 17.5 Å². The third-order valence-corrected chi connectivity index (χ3v) is 4.81. The minimum absolute atomic E-state index is 0.0618. The Balaban J connectivity index is 1.78. The molecule has 3 rings (SSSR count). The third-order valence-electron chi connectivity index (χ3n) is 4.46. The van der Waals surface area contributed by atoms with E-state index in [4.69, 9.17) is 20.8 Å². The highest BCUT2D eigenvalue weighted by molar-refractivity contribution is 6.32. The molecule has 30 heavy (non-hydrogen) atoms. The van der Waals surface area contributed by atoms with Gasteiger partial charge in [0.1, 0.15) is 16.9 Å². The van der Waals surface area contributed by atoms with Gasteiger partial charge in [0, 0.05) is 28.6 Å². The summed E-state index contributed by atoms with van der Waals surface area (Å²) in [5.41, 5.74) is 0.0601. The molecule has 0 saturated heterocycles. The van der Waals surface area contributed by atoms with Crippen molar-refractivity contribution in [1.29, 1.82) is 0 Å². The number of rotatable bonds is 6. The van der Waals surface area contributed by atoms with Gasteiger partial charge in [-0.25, -0.2) is 9.59 Å². The molecule has 0 radical (unpaired) electrons. The Morgan fingerprint density at radius 2 is 1.97 bits per heavy atom. The highest BCUT2D eigenvalue weighted by atomic mass is 35.5. The Morgan fingerprint density at radius 3 is 2.70 bits per heavy atom. The summed E-state index contributed by atoms with van der Waals surface area (Å²) in [6.07, 6.45) is 3.54. The smallest absolute Gasteiger partial charge is 0.349 e. The van der Waals surface area contributed by atoms with Crippen molar-refractivity contribution in [3.05, 3.63) is 81.2 Å². The number of ether oxygens (including phenoxy) is 1. The molecule has 0 fully saturated rings. The maximum atomic E-state index is 12.2. The Morgan fingerprint density at radius 1 is 1.20 bits per heavy atom. The number of carbonyl (C=O) groups excluding carboxylic acids is 2. The molecule has 3 aromatic rings. The first-order valence-electron chi connectivity index (χ1n) is 9.40. The van der Waals surface area contributed by atoms with Crippen LogP contribution in [-0.4, -0.2) is 17.9 Å². The molecule has 0 saturated carbocycles. The van der Waals surface area contributed by atoms with E-state index >= 15 is 0 Å². The number of esters is 1. The van der Waals surface area contributed by atoms with Gasteiger partial charge < -0.3 is 14.5 Å². The second kappa shape index (κ2) is 9.41. The van der Waals surface area contributed by atoms with E-state index in [9.17, 15) is 14.4 Å². The third kappa shape index (κ3) is 5.15. The maximum absolute atomic E-state index is 12.2. The normalized spacial score (nSPS) is 12.1. The molecule has 0 aliphatic rings. The van der Waals surface area contributed by atoms with Crippen LogP contribution < -0.4 is 15.7 Å². The van der Waals surface area contributed by atoms with E-state index in [0.29, 0.717) is 16.0 Å².